The molecule has 0 atom stereocenters. The Labute approximate surface area is 97.0 Å². The normalized spacial score (nSPS) is 9.62. The molecule has 0 heterocycles. The molecule has 0 radical (unpaired) electrons. The van der Waals surface area contributed by atoms with Crippen molar-refractivity contribution in [2.24, 2.45) is 0 Å². The lowest BCUT2D eigenvalue weighted by Gasteiger charge is -2.07. The highest BCUT2D eigenvalue weighted by Crippen LogP contribution is 2.15. The number of hydrogen-bond acceptors (Lipinski definition) is 4. The molecule has 2 N–H and O–H groups in total. The quantitative estimate of drug-likeness (QED) is 0.779. The van der Waals surface area contributed by atoms with E-state index in [1.54, 1.807) is 6.92 Å². The van der Waals surface area contributed by atoms with E-state index >= 15 is 0 Å². The maximum atomic E-state index is 13.3. The molecular weight excluding hydrogens is 233 g/mol. The van der Waals surface area contributed by atoms with Gasteiger partial charge < -0.3 is 9.84 Å². The van der Waals surface area contributed by atoms with Gasteiger partial charge in [0.2, 0.25) is 0 Å². The van der Waals surface area contributed by atoms with E-state index in [4.69, 9.17) is 17.3 Å². The van der Waals surface area contributed by atoms with Crippen LogP contribution in [0.1, 0.15) is 12.5 Å². The molecule has 16 heavy (non-hydrogen) atoms. The van der Waals surface area contributed by atoms with Gasteiger partial charge in [-0.1, -0.05) is 12.2 Å². The number of alkyl carbamates (subject to hydrolysis) is 1. The largest absolute Gasteiger partial charge is 0.508 e. The van der Waals surface area contributed by atoms with Crippen molar-refractivity contribution in [3.05, 3.63) is 29.6 Å². The van der Waals surface area contributed by atoms with Crippen molar-refractivity contribution < 1.29 is 19.0 Å². The van der Waals surface area contributed by atoms with Crippen molar-refractivity contribution in [1.82, 2.24) is 5.32 Å². The van der Waals surface area contributed by atoms with Gasteiger partial charge in [0.05, 0.1) is 6.61 Å². The number of carbonyl (C=O) groups is 1. The van der Waals surface area contributed by atoms with E-state index in [2.05, 4.69) is 10.1 Å². The molecule has 0 saturated heterocycles. The van der Waals surface area contributed by atoms with Gasteiger partial charge in [-0.25, -0.2) is 9.18 Å². The monoisotopic (exact) mass is 243 g/mol. The topological polar surface area (TPSA) is 58.6 Å². The second-order valence-corrected chi connectivity index (χ2v) is 3.25. The van der Waals surface area contributed by atoms with Crippen molar-refractivity contribution in [3.8, 4) is 5.75 Å². The number of hydrogen-bond donors (Lipinski definition) is 2. The molecule has 0 aliphatic carbocycles. The molecular formula is C10H10FNO3S. The van der Waals surface area contributed by atoms with Gasteiger partial charge in [-0.2, -0.15) is 0 Å². The zero-order valence-electron chi connectivity index (χ0n) is 8.49. The van der Waals surface area contributed by atoms with E-state index in [1.165, 1.54) is 12.1 Å². The summed E-state index contributed by atoms with van der Waals surface area (Å²) in [5.41, 5.74) is 0.0286. The fourth-order valence-electron chi connectivity index (χ4n) is 1.02. The summed E-state index contributed by atoms with van der Waals surface area (Å²) >= 11 is 4.81. The average molecular weight is 243 g/mol. The summed E-state index contributed by atoms with van der Waals surface area (Å²) < 4.78 is 17.9. The van der Waals surface area contributed by atoms with Crippen LogP contribution in [0, 0.1) is 5.82 Å². The van der Waals surface area contributed by atoms with E-state index < -0.39 is 11.9 Å². The lowest BCUT2D eigenvalue weighted by molar-refractivity contribution is 0.158. The summed E-state index contributed by atoms with van der Waals surface area (Å²) in [5, 5.41) is 11.2. The van der Waals surface area contributed by atoms with Crippen molar-refractivity contribution in [2.45, 2.75) is 6.92 Å². The number of ether oxygens (including phenoxy) is 1. The van der Waals surface area contributed by atoms with Crippen LogP contribution in [0.25, 0.3) is 0 Å². The molecule has 0 unspecified atom stereocenters. The number of carbonyl (C=O) groups excluding carboxylic acids is 1. The lowest BCUT2D eigenvalue weighted by atomic mass is 10.2. The zero-order chi connectivity index (χ0) is 12.1. The molecule has 6 heteroatoms. The second kappa shape index (κ2) is 5.41. The first-order valence-corrected chi connectivity index (χ1v) is 4.92. The number of benzene rings is 1. The van der Waals surface area contributed by atoms with Crippen LogP contribution in [-0.2, 0) is 4.74 Å². The van der Waals surface area contributed by atoms with Gasteiger partial charge in [-0.15, -0.1) is 0 Å². The predicted octanol–water partition coefficient (Wildman–Crippen LogP) is 1.95. The number of phenolic OH excluding ortho intramolecular Hbond substituents is 1. The van der Waals surface area contributed by atoms with E-state index in [0.717, 1.165) is 6.07 Å². The summed E-state index contributed by atoms with van der Waals surface area (Å²) in [5.74, 6) is -0.915. The van der Waals surface area contributed by atoms with Crippen LogP contribution in [0.4, 0.5) is 9.18 Å². The zero-order valence-corrected chi connectivity index (χ0v) is 9.31. The molecule has 86 valence electrons. The molecule has 1 aromatic carbocycles. The van der Waals surface area contributed by atoms with Gasteiger partial charge in [-0.3, -0.25) is 5.32 Å². The van der Waals surface area contributed by atoms with Crippen molar-refractivity contribution in [1.29, 1.82) is 0 Å². The predicted molar refractivity (Wildman–Crippen MR) is 59.9 cm³/mol. The van der Waals surface area contributed by atoms with Gasteiger partial charge in [0.1, 0.15) is 16.6 Å². The molecule has 0 saturated carbocycles. The van der Waals surface area contributed by atoms with E-state index in [1.807, 2.05) is 0 Å². The standard InChI is InChI=1S/C10H10FNO3S/c1-2-15-10(14)12-9(16)7-4-3-6(13)5-8(7)11/h3-5,13H,2H2,1H3,(H,12,14,16). The van der Waals surface area contributed by atoms with Crippen LogP contribution in [-0.4, -0.2) is 22.8 Å². The fourth-order valence-corrected chi connectivity index (χ4v) is 1.26. The Balaban J connectivity index is 2.77. The third-order valence-corrected chi connectivity index (χ3v) is 2.01. The summed E-state index contributed by atoms with van der Waals surface area (Å²) in [6, 6.07) is 3.46. The Morgan fingerprint density at radius 3 is 2.88 bits per heavy atom. The molecule has 0 aromatic heterocycles. The van der Waals surface area contributed by atoms with Crippen LogP contribution < -0.4 is 5.32 Å². The summed E-state index contributed by atoms with van der Waals surface area (Å²) in [4.78, 5) is 10.9. The van der Waals surface area contributed by atoms with Gasteiger partial charge in [-0.05, 0) is 19.1 Å². The number of thiocarbonyl (C=S) groups is 1. The number of halogens is 1. The maximum Gasteiger partial charge on any atom is 0.412 e. The molecule has 0 fully saturated rings. The van der Waals surface area contributed by atoms with Crippen LogP contribution in [0.3, 0.4) is 0 Å². The molecule has 4 nitrogen and oxygen atoms in total. The molecule has 1 rings (SSSR count). The van der Waals surface area contributed by atoms with Crippen LogP contribution in [0.15, 0.2) is 18.2 Å². The van der Waals surface area contributed by atoms with Gasteiger partial charge in [0.25, 0.3) is 0 Å². The van der Waals surface area contributed by atoms with Crippen molar-refractivity contribution in [2.75, 3.05) is 6.61 Å². The highest BCUT2D eigenvalue weighted by atomic mass is 32.1. The average Bonchev–Trinajstić information content (AvgIpc) is 2.17. The molecule has 1 amide bonds. The molecule has 0 bridgehead atoms. The smallest absolute Gasteiger partial charge is 0.412 e. The summed E-state index contributed by atoms with van der Waals surface area (Å²) in [7, 11) is 0. The van der Waals surface area contributed by atoms with E-state index in [9.17, 15) is 9.18 Å². The SMILES string of the molecule is CCOC(=O)NC(=S)c1ccc(O)cc1F. The van der Waals surface area contributed by atoms with Gasteiger partial charge in [0, 0.05) is 11.6 Å². The maximum absolute atomic E-state index is 13.3. The van der Waals surface area contributed by atoms with Crippen LogP contribution in [0.2, 0.25) is 0 Å². The number of nitrogens with one attached hydrogen (secondary N) is 1. The number of rotatable bonds is 2. The molecule has 0 aliphatic heterocycles. The number of aromatic hydroxyl groups is 1. The third-order valence-electron chi connectivity index (χ3n) is 1.69. The molecule has 0 spiro atoms. The number of amides is 1. The van der Waals surface area contributed by atoms with Gasteiger partial charge >= 0.3 is 6.09 Å². The summed E-state index contributed by atoms with van der Waals surface area (Å²) in [6.45, 7) is 1.84. The first-order valence-electron chi connectivity index (χ1n) is 4.51. The highest BCUT2D eigenvalue weighted by Gasteiger charge is 2.11. The molecule has 0 aliphatic rings. The first kappa shape index (κ1) is 12.4. The Morgan fingerprint density at radius 2 is 2.31 bits per heavy atom. The Kier molecular flexibility index (Phi) is 4.19. The van der Waals surface area contributed by atoms with Crippen LogP contribution >= 0.6 is 12.2 Å². The van der Waals surface area contributed by atoms with E-state index in [0.29, 0.717) is 0 Å². The lowest BCUT2D eigenvalue weighted by Crippen LogP contribution is -2.30. The van der Waals surface area contributed by atoms with Crippen LogP contribution in [0.5, 0.6) is 5.75 Å². The highest BCUT2D eigenvalue weighted by molar-refractivity contribution is 7.80. The minimum Gasteiger partial charge on any atom is -0.508 e. The van der Waals surface area contributed by atoms with Crippen molar-refractivity contribution in [3.63, 3.8) is 0 Å². The minimum absolute atomic E-state index is 0.0286. The fraction of sp³-hybridized carbons (Fsp3) is 0.200. The Bertz CT molecular complexity index is 423. The van der Waals surface area contributed by atoms with Gasteiger partial charge in [0.15, 0.2) is 0 Å². The third kappa shape index (κ3) is 3.16. The number of phenols is 1. The Morgan fingerprint density at radius 1 is 1.62 bits per heavy atom. The minimum atomic E-state index is -0.736. The summed E-state index contributed by atoms with van der Waals surface area (Å²) in [6.07, 6.45) is -0.736. The second-order valence-electron chi connectivity index (χ2n) is 2.84. The molecule has 1 aromatic rings. The van der Waals surface area contributed by atoms with E-state index in [-0.39, 0.29) is 22.9 Å². The first-order chi connectivity index (χ1) is 7.54. The Hall–Kier alpha value is -1.69. The van der Waals surface area contributed by atoms with Crippen molar-refractivity contribution >= 4 is 23.3 Å².